The van der Waals surface area contributed by atoms with Crippen molar-refractivity contribution in [2.24, 2.45) is 0 Å². The summed E-state index contributed by atoms with van der Waals surface area (Å²) in [6, 6.07) is 8.53. The summed E-state index contributed by atoms with van der Waals surface area (Å²) in [6.45, 7) is 4.65. The van der Waals surface area contributed by atoms with E-state index in [4.69, 9.17) is 0 Å². The van der Waals surface area contributed by atoms with Gasteiger partial charge in [-0.3, -0.25) is 4.79 Å². The van der Waals surface area contributed by atoms with Gasteiger partial charge in [-0.25, -0.2) is 0 Å². The van der Waals surface area contributed by atoms with Crippen LogP contribution in [-0.4, -0.2) is 37.9 Å². The van der Waals surface area contributed by atoms with Crippen LogP contribution in [0, 0.1) is 0 Å². The van der Waals surface area contributed by atoms with E-state index in [0.717, 1.165) is 12.2 Å². The van der Waals surface area contributed by atoms with Gasteiger partial charge in [0.05, 0.1) is 11.8 Å². The highest BCUT2D eigenvalue weighted by Crippen LogP contribution is 2.37. The van der Waals surface area contributed by atoms with E-state index in [1.807, 2.05) is 23.7 Å². The van der Waals surface area contributed by atoms with E-state index >= 15 is 0 Å². The monoisotopic (exact) mass is 316 g/mol. The Balaban J connectivity index is 1.67. The number of fused-ring (bicyclic) bond motifs is 1. The molecule has 1 amide bonds. The third kappa shape index (κ3) is 2.88. The van der Waals surface area contributed by atoms with Crippen LogP contribution in [0.4, 0.5) is 0 Å². The molecule has 3 rings (SSSR count). The zero-order chi connectivity index (χ0) is 15.7. The summed E-state index contributed by atoms with van der Waals surface area (Å²) in [5, 5.41) is 8.06. The van der Waals surface area contributed by atoms with Crippen molar-refractivity contribution in [1.29, 1.82) is 0 Å². The lowest BCUT2D eigenvalue weighted by molar-refractivity contribution is -0.129. The summed E-state index contributed by atoms with van der Waals surface area (Å²) in [6.07, 6.45) is 2.53. The van der Waals surface area contributed by atoms with Gasteiger partial charge >= 0.3 is 0 Å². The molecule has 1 atom stereocenters. The molecule has 116 valence electrons. The Morgan fingerprint density at radius 2 is 2.23 bits per heavy atom. The van der Waals surface area contributed by atoms with Crippen molar-refractivity contribution in [3.8, 4) is 0 Å². The number of aromatic nitrogens is 3. The van der Waals surface area contributed by atoms with Gasteiger partial charge in [0, 0.05) is 18.0 Å². The Morgan fingerprint density at radius 3 is 2.95 bits per heavy atom. The highest BCUT2D eigenvalue weighted by molar-refractivity contribution is 8.01. The Kier molecular flexibility index (Phi) is 4.20. The van der Waals surface area contributed by atoms with Gasteiger partial charge in [0.2, 0.25) is 5.91 Å². The van der Waals surface area contributed by atoms with Crippen LogP contribution >= 0.6 is 11.8 Å². The second kappa shape index (κ2) is 6.12. The van der Waals surface area contributed by atoms with Gasteiger partial charge in [-0.1, -0.05) is 18.2 Å². The smallest absolute Gasteiger partial charge is 0.236 e. The van der Waals surface area contributed by atoms with Gasteiger partial charge in [0.25, 0.3) is 0 Å². The fraction of sp³-hybridized carbons (Fsp3) is 0.438. The topological polar surface area (TPSA) is 51.0 Å². The normalized spacial score (nSPS) is 16.8. The number of hydrogen-bond donors (Lipinski definition) is 0. The first kappa shape index (κ1) is 15.1. The predicted octanol–water partition coefficient (Wildman–Crippen LogP) is 2.53. The lowest BCUT2D eigenvalue weighted by Gasteiger charge is -2.21. The molecule has 0 N–H and O–H groups in total. The van der Waals surface area contributed by atoms with Crippen LogP contribution in [-0.2, 0) is 17.8 Å². The fourth-order valence-corrected chi connectivity index (χ4v) is 3.98. The minimum Gasteiger partial charge on any atom is -0.337 e. The van der Waals surface area contributed by atoms with E-state index < -0.39 is 0 Å². The Bertz CT molecular complexity index is 657. The van der Waals surface area contributed by atoms with Crippen molar-refractivity contribution in [2.45, 2.75) is 43.0 Å². The molecule has 0 bridgehead atoms. The molecule has 22 heavy (non-hydrogen) atoms. The number of carbonyl (C=O) groups is 1. The van der Waals surface area contributed by atoms with Crippen molar-refractivity contribution < 1.29 is 4.79 Å². The maximum atomic E-state index is 12.7. The van der Waals surface area contributed by atoms with Crippen LogP contribution in [0.15, 0.2) is 35.5 Å². The molecule has 0 unspecified atom stereocenters. The maximum absolute atomic E-state index is 12.7. The van der Waals surface area contributed by atoms with E-state index in [9.17, 15) is 4.79 Å². The SMILES string of the molecule is CC(C)n1cnnc1CN(C)C(=O)[C@@H]1Cc2ccccc2S1. The number of benzene rings is 1. The average molecular weight is 316 g/mol. The molecule has 0 spiro atoms. The minimum absolute atomic E-state index is 0.0298. The van der Waals surface area contributed by atoms with Gasteiger partial charge < -0.3 is 9.47 Å². The van der Waals surface area contributed by atoms with Gasteiger partial charge in [-0.2, -0.15) is 0 Å². The van der Waals surface area contributed by atoms with E-state index in [-0.39, 0.29) is 11.2 Å². The molecule has 0 saturated carbocycles. The second-order valence-corrected chi connectivity index (χ2v) is 7.11. The number of hydrogen-bond acceptors (Lipinski definition) is 4. The first-order chi connectivity index (χ1) is 10.6. The first-order valence-electron chi connectivity index (χ1n) is 7.44. The van der Waals surface area contributed by atoms with E-state index in [1.165, 1.54) is 10.5 Å². The number of rotatable bonds is 4. The van der Waals surface area contributed by atoms with Crippen LogP contribution in [0.1, 0.15) is 31.3 Å². The van der Waals surface area contributed by atoms with Crippen molar-refractivity contribution >= 4 is 17.7 Å². The van der Waals surface area contributed by atoms with Crippen LogP contribution in [0.3, 0.4) is 0 Å². The maximum Gasteiger partial charge on any atom is 0.236 e. The molecular formula is C16H20N4OS. The number of carbonyl (C=O) groups excluding carboxylic acids is 1. The Morgan fingerprint density at radius 1 is 1.45 bits per heavy atom. The average Bonchev–Trinajstić information content (AvgIpc) is 3.12. The quantitative estimate of drug-likeness (QED) is 0.870. The molecule has 1 aliphatic rings. The summed E-state index contributed by atoms with van der Waals surface area (Å²) >= 11 is 1.66. The molecular weight excluding hydrogens is 296 g/mol. The molecule has 1 aromatic heterocycles. The first-order valence-corrected chi connectivity index (χ1v) is 8.32. The lowest BCUT2D eigenvalue weighted by atomic mass is 10.1. The largest absolute Gasteiger partial charge is 0.337 e. The van der Waals surface area contributed by atoms with Crippen molar-refractivity contribution in [3.05, 3.63) is 42.0 Å². The van der Waals surface area contributed by atoms with Gasteiger partial charge in [0.1, 0.15) is 6.33 Å². The molecule has 1 aromatic carbocycles. The van der Waals surface area contributed by atoms with Crippen LogP contribution in [0.5, 0.6) is 0 Å². The summed E-state index contributed by atoms with van der Waals surface area (Å²) in [4.78, 5) is 15.6. The van der Waals surface area contributed by atoms with Crippen LogP contribution in [0.2, 0.25) is 0 Å². The highest BCUT2D eigenvalue weighted by atomic mass is 32.2. The van der Waals surface area contributed by atoms with Crippen molar-refractivity contribution in [3.63, 3.8) is 0 Å². The van der Waals surface area contributed by atoms with Crippen LogP contribution in [0.25, 0.3) is 0 Å². The lowest BCUT2D eigenvalue weighted by Crippen LogP contribution is -2.35. The minimum atomic E-state index is -0.0298. The van der Waals surface area contributed by atoms with Gasteiger partial charge in [0.15, 0.2) is 5.82 Å². The molecule has 6 heteroatoms. The third-order valence-corrected chi connectivity index (χ3v) is 5.19. The summed E-state index contributed by atoms with van der Waals surface area (Å²) < 4.78 is 2.00. The van der Waals surface area contributed by atoms with Crippen LogP contribution < -0.4 is 0 Å². The van der Waals surface area contributed by atoms with E-state index in [2.05, 4.69) is 36.2 Å². The molecule has 2 aromatic rings. The van der Waals surface area contributed by atoms with Gasteiger partial charge in [-0.15, -0.1) is 22.0 Å². The highest BCUT2D eigenvalue weighted by Gasteiger charge is 2.30. The Labute approximate surface area is 134 Å². The molecule has 0 saturated heterocycles. The zero-order valence-corrected chi connectivity index (χ0v) is 13.9. The summed E-state index contributed by atoms with van der Waals surface area (Å²) in [7, 11) is 1.84. The standard InChI is InChI=1S/C16H20N4OS/c1-11(2)20-10-17-18-15(20)9-19(3)16(21)14-8-12-6-4-5-7-13(12)22-14/h4-7,10-11,14H,8-9H2,1-3H3/t14-/m0/s1. The number of nitrogens with zero attached hydrogens (tertiary/aromatic N) is 4. The van der Waals surface area contributed by atoms with E-state index in [1.54, 1.807) is 23.0 Å². The Hall–Kier alpha value is -1.82. The summed E-state index contributed by atoms with van der Waals surface area (Å²) in [5.74, 6) is 0.978. The summed E-state index contributed by atoms with van der Waals surface area (Å²) in [5.41, 5.74) is 1.27. The van der Waals surface area contributed by atoms with E-state index in [0.29, 0.717) is 12.6 Å². The second-order valence-electron chi connectivity index (χ2n) is 5.86. The third-order valence-electron chi connectivity index (χ3n) is 3.88. The van der Waals surface area contributed by atoms with Crippen molar-refractivity contribution in [1.82, 2.24) is 19.7 Å². The molecule has 0 radical (unpaired) electrons. The fourth-order valence-electron chi connectivity index (χ4n) is 2.67. The molecule has 0 fully saturated rings. The molecule has 2 heterocycles. The number of thioether (sulfide) groups is 1. The number of amides is 1. The zero-order valence-electron chi connectivity index (χ0n) is 13.1. The van der Waals surface area contributed by atoms with Crippen molar-refractivity contribution in [2.75, 3.05) is 7.05 Å². The predicted molar refractivity (Wildman–Crippen MR) is 86.7 cm³/mol. The molecule has 0 aliphatic carbocycles. The molecule has 1 aliphatic heterocycles. The van der Waals surface area contributed by atoms with Gasteiger partial charge in [-0.05, 0) is 31.9 Å². The molecule has 5 nitrogen and oxygen atoms in total.